The van der Waals surface area contributed by atoms with E-state index < -0.39 is 0 Å². The zero-order valence-corrected chi connectivity index (χ0v) is 11.4. The molecule has 0 radical (unpaired) electrons. The van der Waals surface area contributed by atoms with Crippen molar-refractivity contribution in [3.63, 3.8) is 0 Å². The van der Waals surface area contributed by atoms with Crippen molar-refractivity contribution in [1.29, 1.82) is 0 Å². The summed E-state index contributed by atoms with van der Waals surface area (Å²) in [7, 11) is 1.67. The number of nitrogens with zero attached hydrogens (tertiary/aromatic N) is 4. The predicted molar refractivity (Wildman–Crippen MR) is 80.3 cm³/mol. The minimum absolute atomic E-state index is 0.754. The van der Waals surface area contributed by atoms with Crippen LogP contribution in [0.1, 0.15) is 0 Å². The van der Waals surface area contributed by atoms with Crippen molar-refractivity contribution in [1.82, 2.24) is 19.8 Å². The van der Waals surface area contributed by atoms with Gasteiger partial charge in [-0.3, -0.25) is 0 Å². The quantitative estimate of drug-likeness (QED) is 0.565. The third-order valence-corrected chi connectivity index (χ3v) is 3.52. The fourth-order valence-electron chi connectivity index (χ4n) is 2.57. The lowest BCUT2D eigenvalue weighted by Crippen LogP contribution is -1.98. The van der Waals surface area contributed by atoms with Gasteiger partial charge in [-0.25, -0.2) is 0 Å². The van der Waals surface area contributed by atoms with Crippen LogP contribution in [0.4, 0.5) is 0 Å². The number of aromatic nitrogens is 4. The van der Waals surface area contributed by atoms with Gasteiger partial charge in [0.25, 0.3) is 0 Å². The average molecular weight is 276 g/mol. The summed E-state index contributed by atoms with van der Waals surface area (Å²) >= 11 is 0. The van der Waals surface area contributed by atoms with Crippen molar-refractivity contribution in [2.75, 3.05) is 7.11 Å². The monoisotopic (exact) mass is 276 g/mol. The lowest BCUT2D eigenvalue weighted by atomic mass is 10.0. The summed E-state index contributed by atoms with van der Waals surface area (Å²) in [6.07, 6.45) is 1.61. The number of fused-ring (bicyclic) bond motifs is 3. The molecule has 0 aliphatic heterocycles. The average Bonchev–Trinajstić information content (AvgIpc) is 3.03. The van der Waals surface area contributed by atoms with E-state index in [0.717, 1.165) is 33.4 Å². The maximum atomic E-state index is 5.46. The Hall–Kier alpha value is -2.95. The van der Waals surface area contributed by atoms with Crippen LogP contribution in [-0.4, -0.2) is 26.9 Å². The molecule has 0 amide bonds. The van der Waals surface area contributed by atoms with E-state index >= 15 is 0 Å². The number of benzene rings is 2. The number of hydrogen-bond acceptors (Lipinski definition) is 4. The molecule has 0 spiro atoms. The number of methoxy groups -OCH3 is 1. The Bertz CT molecular complexity index is 945. The Kier molecular flexibility index (Phi) is 2.57. The maximum absolute atomic E-state index is 5.46. The molecule has 0 atom stereocenters. The summed E-state index contributed by atoms with van der Waals surface area (Å²) in [6.45, 7) is 0. The van der Waals surface area contributed by atoms with Crippen molar-refractivity contribution in [3.05, 3.63) is 54.9 Å². The van der Waals surface area contributed by atoms with Gasteiger partial charge in [0.2, 0.25) is 0 Å². The van der Waals surface area contributed by atoms with Crippen molar-refractivity contribution in [3.8, 4) is 17.0 Å². The molecule has 21 heavy (non-hydrogen) atoms. The van der Waals surface area contributed by atoms with E-state index in [1.165, 1.54) is 0 Å². The molecule has 5 nitrogen and oxygen atoms in total. The van der Waals surface area contributed by atoms with E-state index in [-0.39, 0.29) is 0 Å². The van der Waals surface area contributed by atoms with E-state index in [2.05, 4.69) is 15.3 Å². The Morgan fingerprint density at radius 2 is 1.71 bits per heavy atom. The second kappa shape index (κ2) is 4.56. The van der Waals surface area contributed by atoms with Gasteiger partial charge in [-0.1, -0.05) is 36.4 Å². The highest BCUT2D eigenvalue weighted by molar-refractivity contribution is 6.02. The van der Waals surface area contributed by atoms with Crippen LogP contribution in [0, 0.1) is 0 Å². The fraction of sp³-hybridized carbons (Fsp3) is 0.0625. The highest BCUT2D eigenvalue weighted by Crippen LogP contribution is 2.33. The van der Waals surface area contributed by atoms with Gasteiger partial charge in [-0.05, 0) is 12.1 Å². The molecule has 5 heteroatoms. The summed E-state index contributed by atoms with van der Waals surface area (Å²) in [5.41, 5.74) is 2.56. The summed E-state index contributed by atoms with van der Waals surface area (Å²) in [5.74, 6) is 0.794. The van der Waals surface area contributed by atoms with Gasteiger partial charge in [-0.15, -0.1) is 10.2 Å². The van der Waals surface area contributed by atoms with Gasteiger partial charge >= 0.3 is 0 Å². The molecule has 102 valence electrons. The van der Waals surface area contributed by atoms with Crippen molar-refractivity contribution in [2.24, 2.45) is 0 Å². The normalized spacial score (nSPS) is 11.1. The highest BCUT2D eigenvalue weighted by atomic mass is 16.5. The minimum atomic E-state index is 0.754. The van der Waals surface area contributed by atoms with Gasteiger partial charge in [-0.2, -0.15) is 9.61 Å². The predicted octanol–water partition coefficient (Wildman–Crippen LogP) is 2.95. The van der Waals surface area contributed by atoms with Gasteiger partial charge in [0.1, 0.15) is 17.8 Å². The first-order valence-corrected chi connectivity index (χ1v) is 6.60. The third-order valence-electron chi connectivity index (χ3n) is 3.52. The van der Waals surface area contributed by atoms with E-state index in [4.69, 9.17) is 4.74 Å². The Labute approximate surface area is 120 Å². The lowest BCUT2D eigenvalue weighted by Gasteiger charge is -2.10. The number of para-hydroxylation sites is 1. The van der Waals surface area contributed by atoms with Crippen LogP contribution in [0.2, 0.25) is 0 Å². The molecule has 2 aromatic carbocycles. The van der Waals surface area contributed by atoms with Crippen LogP contribution in [0.15, 0.2) is 54.9 Å². The summed E-state index contributed by atoms with van der Waals surface area (Å²) in [4.78, 5) is 0. The first-order valence-electron chi connectivity index (χ1n) is 6.60. The van der Waals surface area contributed by atoms with E-state index in [1.807, 2.05) is 48.5 Å². The number of ether oxygens (including phenoxy) is 1. The second-order valence-electron chi connectivity index (χ2n) is 4.69. The summed E-state index contributed by atoms with van der Waals surface area (Å²) in [5, 5.41) is 14.8. The molecule has 0 bridgehead atoms. The molecule has 0 saturated carbocycles. The molecule has 4 rings (SSSR count). The van der Waals surface area contributed by atoms with Gasteiger partial charge in [0.05, 0.1) is 7.11 Å². The molecular formula is C16H12N4O. The molecular weight excluding hydrogens is 264 g/mol. The minimum Gasteiger partial charge on any atom is -0.496 e. The highest BCUT2D eigenvalue weighted by Gasteiger charge is 2.14. The van der Waals surface area contributed by atoms with Crippen LogP contribution in [0.25, 0.3) is 27.7 Å². The summed E-state index contributed by atoms with van der Waals surface area (Å²) < 4.78 is 7.16. The van der Waals surface area contributed by atoms with Crippen LogP contribution in [-0.2, 0) is 0 Å². The Morgan fingerprint density at radius 3 is 2.57 bits per heavy atom. The van der Waals surface area contributed by atoms with Crippen molar-refractivity contribution < 1.29 is 4.74 Å². The molecule has 0 aliphatic carbocycles. The van der Waals surface area contributed by atoms with Crippen LogP contribution < -0.4 is 4.74 Å². The smallest absolute Gasteiger partial charge is 0.185 e. The molecule has 0 unspecified atom stereocenters. The Morgan fingerprint density at radius 1 is 0.952 bits per heavy atom. The number of hydrogen-bond donors (Lipinski definition) is 0. The molecule has 0 aliphatic rings. The van der Waals surface area contributed by atoms with Crippen molar-refractivity contribution >= 4 is 16.4 Å². The number of rotatable bonds is 2. The lowest BCUT2D eigenvalue weighted by molar-refractivity contribution is 0.416. The van der Waals surface area contributed by atoms with E-state index in [0.29, 0.717) is 0 Å². The van der Waals surface area contributed by atoms with Gasteiger partial charge in [0.15, 0.2) is 5.65 Å². The van der Waals surface area contributed by atoms with E-state index in [9.17, 15) is 0 Å². The fourth-order valence-corrected chi connectivity index (χ4v) is 2.57. The largest absolute Gasteiger partial charge is 0.496 e. The first kappa shape index (κ1) is 11.8. The van der Waals surface area contributed by atoms with Crippen LogP contribution in [0.5, 0.6) is 5.75 Å². The Balaban J connectivity index is 2.15. The standard InChI is InChI=1S/C16H12N4O/c1-21-14-9-5-4-8-13(14)15-11-6-2-3-7-12(11)16-18-17-10-20(16)19-15/h2-10H,1H3. The zero-order chi connectivity index (χ0) is 14.2. The third kappa shape index (κ3) is 1.74. The molecule has 0 saturated heterocycles. The van der Waals surface area contributed by atoms with Crippen molar-refractivity contribution in [2.45, 2.75) is 0 Å². The van der Waals surface area contributed by atoms with Gasteiger partial charge < -0.3 is 4.74 Å². The molecule has 2 aromatic heterocycles. The first-order chi connectivity index (χ1) is 10.4. The molecule has 2 heterocycles. The SMILES string of the molecule is COc1ccccc1-c1nn2cnnc2c2ccccc12. The maximum Gasteiger partial charge on any atom is 0.185 e. The van der Waals surface area contributed by atoms with Crippen LogP contribution in [0.3, 0.4) is 0 Å². The van der Waals surface area contributed by atoms with E-state index in [1.54, 1.807) is 18.0 Å². The summed E-state index contributed by atoms with van der Waals surface area (Å²) in [6, 6.07) is 15.9. The molecule has 0 fully saturated rings. The topological polar surface area (TPSA) is 52.3 Å². The molecule has 4 aromatic rings. The molecule has 0 N–H and O–H groups in total. The zero-order valence-electron chi connectivity index (χ0n) is 11.4. The second-order valence-corrected chi connectivity index (χ2v) is 4.69. The van der Waals surface area contributed by atoms with Gasteiger partial charge in [0, 0.05) is 16.3 Å². The van der Waals surface area contributed by atoms with Crippen LogP contribution >= 0.6 is 0 Å².